The van der Waals surface area contributed by atoms with Crippen LogP contribution in [0.15, 0.2) is 90.3 Å². The Bertz CT molecular complexity index is 1790. The van der Waals surface area contributed by atoms with Crippen LogP contribution in [0.2, 0.25) is 0 Å². The van der Waals surface area contributed by atoms with Crippen molar-refractivity contribution in [3.63, 3.8) is 0 Å². The second-order valence-corrected chi connectivity index (χ2v) is 11.4. The fourth-order valence-corrected chi connectivity index (χ4v) is 5.66. The maximum atomic E-state index is 12.8. The van der Waals surface area contributed by atoms with Crippen LogP contribution in [0.5, 0.6) is 11.5 Å². The van der Waals surface area contributed by atoms with Crippen LogP contribution in [0.1, 0.15) is 38.9 Å². The van der Waals surface area contributed by atoms with E-state index >= 15 is 0 Å². The normalized spacial score (nSPS) is 11.9. The predicted octanol–water partition coefficient (Wildman–Crippen LogP) is 6.89. The van der Waals surface area contributed by atoms with E-state index < -0.39 is 10.0 Å². The third-order valence-corrected chi connectivity index (χ3v) is 8.38. The van der Waals surface area contributed by atoms with E-state index in [0.29, 0.717) is 5.75 Å². The zero-order valence-electron chi connectivity index (χ0n) is 21.6. The Morgan fingerprint density at radius 3 is 2.58 bits per heavy atom. The Balaban J connectivity index is 0.00000387. The van der Waals surface area contributed by atoms with Gasteiger partial charge in [-0.1, -0.05) is 44.2 Å². The molecule has 0 radical (unpaired) electrons. The van der Waals surface area contributed by atoms with E-state index in [1.807, 2.05) is 54.6 Å². The average Bonchev–Trinajstić information content (AvgIpc) is 3.50. The van der Waals surface area contributed by atoms with Crippen molar-refractivity contribution in [1.82, 2.24) is 19.3 Å². The summed E-state index contributed by atoms with van der Waals surface area (Å²) in [6.07, 6.45) is 5.59. The number of benzene rings is 2. The summed E-state index contributed by atoms with van der Waals surface area (Å²) in [5.41, 5.74) is 4.36. The topological polar surface area (TPSA) is 131 Å². The largest absolute Gasteiger partial charge is 0.454 e. The first-order valence-corrected chi connectivity index (χ1v) is 14.7. The molecule has 0 amide bonds. The van der Waals surface area contributed by atoms with Crippen LogP contribution in [-0.2, 0) is 10.0 Å². The van der Waals surface area contributed by atoms with Gasteiger partial charge >= 0.3 is 0 Å². The Hall–Kier alpha value is -4.66. The van der Waals surface area contributed by atoms with Crippen molar-refractivity contribution >= 4 is 26.7 Å². The average molecular weight is 571 g/mol. The smallest absolute Gasteiger partial charge is 0.263 e. The molecule has 2 aromatic carbocycles. The van der Waals surface area contributed by atoms with Gasteiger partial charge in [0.25, 0.3) is 10.0 Å². The van der Waals surface area contributed by atoms with Crippen LogP contribution in [0, 0.1) is 11.3 Å². The molecule has 0 aliphatic heterocycles. The molecule has 11 heteroatoms. The van der Waals surface area contributed by atoms with Gasteiger partial charge in [-0.15, -0.1) is 0 Å². The van der Waals surface area contributed by atoms with Gasteiger partial charge in [-0.05, 0) is 54.3 Å². The minimum Gasteiger partial charge on any atom is -0.454 e. The summed E-state index contributed by atoms with van der Waals surface area (Å²) in [6, 6.07) is 21.8. The Morgan fingerprint density at radius 2 is 1.85 bits per heavy atom. The van der Waals surface area contributed by atoms with E-state index in [0.717, 1.165) is 46.0 Å². The number of aromatic nitrogens is 4. The van der Waals surface area contributed by atoms with E-state index in [4.69, 9.17) is 4.74 Å². The molecule has 3 aromatic heterocycles. The molecule has 5 aromatic rings. The maximum absolute atomic E-state index is 12.8. The molecule has 1 N–H and O–H groups in total. The molecule has 0 bridgehead atoms. The van der Waals surface area contributed by atoms with Crippen LogP contribution < -0.4 is 9.46 Å². The van der Waals surface area contributed by atoms with Crippen molar-refractivity contribution in [2.24, 2.45) is 0 Å². The van der Waals surface area contributed by atoms with Crippen LogP contribution in [0.4, 0.5) is 5.13 Å². The Labute approximate surface area is 237 Å². The van der Waals surface area contributed by atoms with Gasteiger partial charge < -0.3 is 4.74 Å². The number of nitrogens with zero attached hydrogens (tertiary/aromatic N) is 5. The van der Waals surface area contributed by atoms with Gasteiger partial charge in [0.1, 0.15) is 18.1 Å². The minimum atomic E-state index is -3.98. The molecule has 0 aliphatic rings. The molecule has 40 heavy (non-hydrogen) atoms. The van der Waals surface area contributed by atoms with E-state index in [1.54, 1.807) is 12.4 Å². The van der Waals surface area contributed by atoms with Gasteiger partial charge in [-0.2, -0.15) is 9.64 Å². The van der Waals surface area contributed by atoms with Gasteiger partial charge in [-0.25, -0.2) is 13.4 Å². The molecule has 202 valence electrons. The van der Waals surface area contributed by atoms with Crippen LogP contribution >= 0.6 is 11.5 Å². The highest BCUT2D eigenvalue weighted by molar-refractivity contribution is 7.93. The molecule has 0 aliphatic carbocycles. The molecule has 1 atom stereocenters. The lowest BCUT2D eigenvalue weighted by Gasteiger charge is -2.16. The monoisotopic (exact) mass is 570 g/mol. The van der Waals surface area contributed by atoms with E-state index in [9.17, 15) is 13.7 Å². The quantitative estimate of drug-likeness (QED) is 0.203. The predicted molar refractivity (Wildman–Crippen MR) is 156 cm³/mol. The van der Waals surface area contributed by atoms with Crippen LogP contribution in [0.3, 0.4) is 0 Å². The highest BCUT2D eigenvalue weighted by Gasteiger charge is 2.20. The van der Waals surface area contributed by atoms with Gasteiger partial charge in [0, 0.05) is 36.0 Å². The number of pyridine rings is 2. The Kier molecular flexibility index (Phi) is 7.82. The summed E-state index contributed by atoms with van der Waals surface area (Å²) in [5.74, 6) is 0.886. The zero-order valence-corrected chi connectivity index (χ0v) is 23.3. The first-order chi connectivity index (χ1) is 19.4. The first-order valence-electron chi connectivity index (χ1n) is 12.4. The zero-order chi connectivity index (χ0) is 28.1. The lowest BCUT2D eigenvalue weighted by atomic mass is 9.98. The molecular formula is C29H26N6O3S2. The van der Waals surface area contributed by atoms with Crippen LogP contribution in [-0.4, -0.2) is 27.7 Å². The van der Waals surface area contributed by atoms with Crippen molar-refractivity contribution < 1.29 is 14.6 Å². The van der Waals surface area contributed by atoms with Gasteiger partial charge in [0.2, 0.25) is 5.13 Å². The molecule has 0 spiro atoms. The van der Waals surface area contributed by atoms with E-state index in [-0.39, 0.29) is 28.7 Å². The Morgan fingerprint density at radius 1 is 1.02 bits per heavy atom. The first kappa shape index (κ1) is 26.9. The van der Waals surface area contributed by atoms with E-state index in [2.05, 4.69) is 37.9 Å². The lowest BCUT2D eigenvalue weighted by Crippen LogP contribution is -2.13. The fraction of sp³-hybridized carbons (Fsp3) is 0.138. The maximum Gasteiger partial charge on any atom is 0.263 e. The summed E-state index contributed by atoms with van der Waals surface area (Å²) in [6.45, 7) is 4.24. The molecule has 1 unspecified atom stereocenters. The molecule has 0 saturated heterocycles. The number of nitriles is 1. The van der Waals surface area contributed by atoms with Crippen LogP contribution in [0.25, 0.3) is 22.4 Å². The number of rotatable bonds is 9. The SMILES string of the molecule is CCC(C)c1cc(-c2cc(-c3ccccc3)ncc2Oc2ccc(S(=O)(=O)Nc3ncns3)cc2C#N)ccn1.[HH]. The summed E-state index contributed by atoms with van der Waals surface area (Å²) in [4.78, 5) is 12.9. The molecular weight excluding hydrogens is 544 g/mol. The van der Waals surface area contributed by atoms with Crippen molar-refractivity contribution in [3.05, 3.63) is 96.7 Å². The number of anilines is 1. The van der Waals surface area contributed by atoms with Crippen molar-refractivity contribution in [3.8, 4) is 40.0 Å². The molecule has 3 heterocycles. The van der Waals surface area contributed by atoms with Gasteiger partial charge in [0.15, 0.2) is 5.75 Å². The highest BCUT2D eigenvalue weighted by Crippen LogP contribution is 2.38. The molecule has 5 rings (SSSR count). The fourth-order valence-electron chi connectivity index (χ4n) is 3.97. The van der Waals surface area contributed by atoms with Crippen molar-refractivity contribution in [2.45, 2.75) is 31.1 Å². The lowest BCUT2D eigenvalue weighted by molar-refractivity contribution is 0.480. The summed E-state index contributed by atoms with van der Waals surface area (Å²) >= 11 is 0.910. The number of hydrogen-bond donors (Lipinski definition) is 1. The minimum absolute atomic E-state index is 0. The molecule has 9 nitrogen and oxygen atoms in total. The second-order valence-electron chi connectivity index (χ2n) is 8.93. The van der Waals surface area contributed by atoms with Crippen molar-refractivity contribution in [2.75, 3.05) is 4.72 Å². The number of sulfonamides is 1. The highest BCUT2D eigenvalue weighted by atomic mass is 32.2. The molecule has 0 saturated carbocycles. The second kappa shape index (κ2) is 11.6. The van der Waals surface area contributed by atoms with Crippen molar-refractivity contribution in [1.29, 1.82) is 5.26 Å². The summed E-state index contributed by atoms with van der Waals surface area (Å²) in [7, 11) is -3.98. The summed E-state index contributed by atoms with van der Waals surface area (Å²) in [5, 5.41) is 9.98. The van der Waals surface area contributed by atoms with Gasteiger partial charge in [0.05, 0.1) is 22.3 Å². The standard InChI is InChI=1S/C29H24N6O3S2.H2/c1-3-19(2)25-14-21(11-12-31-25)24-15-26(20-7-5-4-6-8-20)32-17-28(24)38-27-10-9-23(13-22(27)16-30)40(36,37)35-29-33-18-34-39-29;/h4-15,17-19H,3H2,1-2H3,(H,33,34,35);1H. The third kappa shape index (κ3) is 5.83. The van der Waals surface area contributed by atoms with Gasteiger partial charge in [-0.3, -0.25) is 14.7 Å². The summed E-state index contributed by atoms with van der Waals surface area (Å²) < 4.78 is 38.0. The number of ether oxygens (including phenoxy) is 1. The number of hydrogen-bond acceptors (Lipinski definition) is 9. The van der Waals surface area contributed by atoms with E-state index in [1.165, 1.54) is 24.5 Å². The number of nitrogens with one attached hydrogen (secondary N) is 1. The molecule has 0 fully saturated rings. The third-order valence-electron chi connectivity index (χ3n) is 6.33.